The lowest BCUT2D eigenvalue weighted by Gasteiger charge is -2.32. The number of hydrogen-bond acceptors (Lipinski definition) is 7. The third kappa shape index (κ3) is 4.75. The van der Waals surface area contributed by atoms with Crippen molar-refractivity contribution in [3.63, 3.8) is 0 Å². The Balaban J connectivity index is 1.74. The third-order valence-electron chi connectivity index (χ3n) is 5.28. The van der Waals surface area contributed by atoms with Crippen LogP contribution in [-0.4, -0.2) is 58.1 Å². The molecule has 0 spiro atoms. The molecule has 8 nitrogen and oxygen atoms in total. The summed E-state index contributed by atoms with van der Waals surface area (Å²) in [4.78, 5) is 2.13. The first-order chi connectivity index (χ1) is 14.8. The Bertz CT molecular complexity index is 911. The molecule has 0 radical (unpaired) electrons. The zero-order chi connectivity index (χ0) is 20.8. The zero-order valence-electron chi connectivity index (χ0n) is 17.0. The van der Waals surface area contributed by atoms with Crippen LogP contribution >= 0.6 is 0 Å². The summed E-state index contributed by atoms with van der Waals surface area (Å²) in [5.41, 5.74) is 0.510. The molecule has 1 fully saturated rings. The van der Waals surface area contributed by atoms with E-state index in [-0.39, 0.29) is 11.9 Å². The van der Waals surface area contributed by atoms with E-state index >= 15 is 0 Å². The SMILES string of the molecule is COCCn1nnnc1C(c1ccccc1F)N(Cc1ccco1)CC1CCCO1. The van der Waals surface area contributed by atoms with Crippen molar-refractivity contribution in [3.05, 3.63) is 65.6 Å². The standard InChI is InChI=1S/C21H26FN5O3/c1-28-13-10-27-21(23-24-25-27)20(18-8-2-3-9-19(18)22)26(14-16-6-4-11-29-16)15-17-7-5-12-30-17/h2-4,6,8-9,11,17,20H,5,7,10,12-15H2,1H3. The van der Waals surface area contributed by atoms with E-state index in [1.54, 1.807) is 30.2 Å². The first-order valence-corrected chi connectivity index (χ1v) is 10.1. The van der Waals surface area contributed by atoms with Crippen molar-refractivity contribution in [2.75, 3.05) is 26.9 Å². The molecule has 2 aromatic heterocycles. The van der Waals surface area contributed by atoms with Gasteiger partial charge >= 0.3 is 0 Å². The molecule has 0 saturated carbocycles. The summed E-state index contributed by atoms with van der Waals surface area (Å²) < 4.78 is 33.3. The Kier molecular flexibility index (Phi) is 6.83. The maximum absolute atomic E-state index is 15.0. The van der Waals surface area contributed by atoms with Gasteiger partial charge in [0.25, 0.3) is 0 Å². The lowest BCUT2D eigenvalue weighted by molar-refractivity contribution is 0.0537. The zero-order valence-corrected chi connectivity index (χ0v) is 17.0. The first-order valence-electron chi connectivity index (χ1n) is 10.1. The molecule has 30 heavy (non-hydrogen) atoms. The summed E-state index contributed by atoms with van der Waals surface area (Å²) in [5, 5.41) is 12.3. The number of nitrogens with zero attached hydrogens (tertiary/aromatic N) is 5. The summed E-state index contributed by atoms with van der Waals surface area (Å²) in [6.45, 7) is 2.75. The van der Waals surface area contributed by atoms with Crippen LogP contribution in [0, 0.1) is 5.82 Å². The molecular formula is C21H26FN5O3. The van der Waals surface area contributed by atoms with Gasteiger partial charge in [0, 0.05) is 25.8 Å². The van der Waals surface area contributed by atoms with Crippen LogP contribution in [0.4, 0.5) is 4.39 Å². The van der Waals surface area contributed by atoms with Gasteiger partial charge in [-0.3, -0.25) is 4.90 Å². The van der Waals surface area contributed by atoms with Gasteiger partial charge in [-0.1, -0.05) is 18.2 Å². The second-order valence-electron chi connectivity index (χ2n) is 7.32. The summed E-state index contributed by atoms with van der Waals surface area (Å²) in [6.07, 6.45) is 3.69. The van der Waals surface area contributed by atoms with E-state index < -0.39 is 6.04 Å². The Morgan fingerprint density at radius 1 is 1.30 bits per heavy atom. The fraction of sp³-hybridized carbons (Fsp3) is 0.476. The molecule has 0 bridgehead atoms. The number of aromatic nitrogens is 4. The number of tetrazole rings is 1. The summed E-state index contributed by atoms with van der Waals surface area (Å²) in [7, 11) is 1.62. The highest BCUT2D eigenvalue weighted by Crippen LogP contribution is 2.32. The average Bonchev–Trinajstić information content (AvgIpc) is 3.52. The van der Waals surface area contributed by atoms with Gasteiger partial charge in [-0.05, 0) is 41.5 Å². The Hall–Kier alpha value is -2.62. The highest BCUT2D eigenvalue weighted by molar-refractivity contribution is 5.27. The second-order valence-corrected chi connectivity index (χ2v) is 7.32. The van der Waals surface area contributed by atoms with Crippen molar-refractivity contribution in [3.8, 4) is 0 Å². The van der Waals surface area contributed by atoms with Crippen LogP contribution in [0.25, 0.3) is 0 Å². The maximum Gasteiger partial charge on any atom is 0.173 e. The van der Waals surface area contributed by atoms with E-state index in [4.69, 9.17) is 13.9 Å². The lowest BCUT2D eigenvalue weighted by Crippen LogP contribution is -2.37. The van der Waals surface area contributed by atoms with Crippen LogP contribution in [-0.2, 0) is 22.6 Å². The normalized spacial score (nSPS) is 17.6. The number of rotatable bonds is 10. The van der Waals surface area contributed by atoms with Gasteiger partial charge in [0.05, 0.1) is 32.1 Å². The van der Waals surface area contributed by atoms with Gasteiger partial charge < -0.3 is 13.9 Å². The van der Waals surface area contributed by atoms with Crippen LogP contribution in [0.5, 0.6) is 0 Å². The average molecular weight is 415 g/mol. The quantitative estimate of drug-likeness (QED) is 0.504. The molecule has 0 N–H and O–H groups in total. The van der Waals surface area contributed by atoms with Crippen molar-refractivity contribution in [2.24, 2.45) is 0 Å². The van der Waals surface area contributed by atoms with Gasteiger partial charge in [-0.2, -0.15) is 0 Å². The topological polar surface area (TPSA) is 78.4 Å². The fourth-order valence-corrected chi connectivity index (χ4v) is 3.85. The fourth-order valence-electron chi connectivity index (χ4n) is 3.85. The lowest BCUT2D eigenvalue weighted by atomic mass is 10.0. The molecule has 1 saturated heterocycles. The van der Waals surface area contributed by atoms with Gasteiger partial charge in [0.1, 0.15) is 17.6 Å². The molecule has 3 heterocycles. The first kappa shape index (κ1) is 20.6. The van der Waals surface area contributed by atoms with Crippen molar-refractivity contribution >= 4 is 0 Å². The molecule has 0 aliphatic carbocycles. The molecule has 2 unspecified atom stereocenters. The smallest absolute Gasteiger partial charge is 0.173 e. The van der Waals surface area contributed by atoms with Crippen LogP contribution < -0.4 is 0 Å². The van der Waals surface area contributed by atoms with Crippen LogP contribution in [0.15, 0.2) is 47.1 Å². The van der Waals surface area contributed by atoms with Crippen molar-refractivity contribution in [1.82, 2.24) is 25.1 Å². The van der Waals surface area contributed by atoms with Gasteiger partial charge in [0.15, 0.2) is 5.82 Å². The number of methoxy groups -OCH3 is 1. The molecular weight excluding hydrogens is 389 g/mol. The summed E-state index contributed by atoms with van der Waals surface area (Å²) in [5.74, 6) is 1.03. The predicted molar refractivity (Wildman–Crippen MR) is 106 cm³/mol. The van der Waals surface area contributed by atoms with Gasteiger partial charge in [-0.25, -0.2) is 9.07 Å². The minimum atomic E-state index is -0.507. The molecule has 9 heteroatoms. The minimum absolute atomic E-state index is 0.0672. The van der Waals surface area contributed by atoms with Crippen LogP contribution in [0.1, 0.15) is 36.0 Å². The second kappa shape index (κ2) is 9.92. The summed E-state index contributed by atoms with van der Waals surface area (Å²) >= 11 is 0. The van der Waals surface area contributed by atoms with Crippen LogP contribution in [0.2, 0.25) is 0 Å². The molecule has 0 amide bonds. The molecule has 160 valence electrons. The summed E-state index contributed by atoms with van der Waals surface area (Å²) in [6, 6.07) is 10.00. The van der Waals surface area contributed by atoms with Gasteiger partial charge in [-0.15, -0.1) is 5.10 Å². The Morgan fingerprint density at radius 2 is 2.20 bits per heavy atom. The van der Waals surface area contributed by atoms with E-state index in [9.17, 15) is 4.39 Å². The number of ether oxygens (including phenoxy) is 2. The van der Waals surface area contributed by atoms with E-state index in [1.807, 2.05) is 18.2 Å². The van der Waals surface area contributed by atoms with Crippen molar-refractivity contribution < 1.29 is 18.3 Å². The van der Waals surface area contributed by atoms with Crippen molar-refractivity contribution in [1.29, 1.82) is 0 Å². The minimum Gasteiger partial charge on any atom is -0.468 e. The molecule has 2 atom stereocenters. The van der Waals surface area contributed by atoms with Gasteiger partial charge in [0.2, 0.25) is 0 Å². The van der Waals surface area contributed by atoms with E-state index in [2.05, 4.69) is 20.4 Å². The van der Waals surface area contributed by atoms with E-state index in [0.29, 0.717) is 37.6 Å². The molecule has 1 aromatic carbocycles. The maximum atomic E-state index is 15.0. The largest absolute Gasteiger partial charge is 0.468 e. The number of hydrogen-bond donors (Lipinski definition) is 0. The molecule has 1 aliphatic rings. The van der Waals surface area contributed by atoms with Crippen LogP contribution in [0.3, 0.4) is 0 Å². The molecule has 4 rings (SSSR count). The number of halogens is 1. The van der Waals surface area contributed by atoms with E-state index in [0.717, 1.165) is 25.2 Å². The number of furan rings is 1. The highest BCUT2D eigenvalue weighted by atomic mass is 19.1. The predicted octanol–water partition coefficient (Wildman–Crippen LogP) is 2.82. The van der Waals surface area contributed by atoms with E-state index in [1.165, 1.54) is 6.07 Å². The number of benzene rings is 1. The van der Waals surface area contributed by atoms with Crippen molar-refractivity contribution in [2.45, 2.75) is 38.1 Å². The highest BCUT2D eigenvalue weighted by Gasteiger charge is 2.33. The molecule has 1 aliphatic heterocycles. The monoisotopic (exact) mass is 415 g/mol. The Morgan fingerprint density at radius 3 is 2.93 bits per heavy atom. The molecule has 3 aromatic rings. The third-order valence-corrected chi connectivity index (χ3v) is 5.28. The Labute approximate surface area is 174 Å².